The Hall–Kier alpha value is -2.41. The van der Waals surface area contributed by atoms with Gasteiger partial charge >= 0.3 is 0 Å². The minimum Gasteiger partial charge on any atom is -0.370 e. The van der Waals surface area contributed by atoms with E-state index in [1.54, 1.807) is 24.3 Å². The molecule has 2 bridgehead atoms. The van der Waals surface area contributed by atoms with Crippen molar-refractivity contribution >= 4 is 23.4 Å². The molecule has 3 amide bonds. The third-order valence-corrected chi connectivity index (χ3v) is 5.87. The Labute approximate surface area is 159 Å². The Morgan fingerprint density at radius 2 is 1.74 bits per heavy atom. The topological polar surface area (TPSA) is 127 Å². The van der Waals surface area contributed by atoms with E-state index in [1.807, 2.05) is 0 Å². The molecule has 0 heterocycles. The number of hydrogen-bond donors (Lipinski definition) is 4. The molecule has 7 heteroatoms. The Bertz CT molecular complexity index is 707. The van der Waals surface area contributed by atoms with Gasteiger partial charge in [0.05, 0.1) is 11.3 Å². The molecule has 2 fully saturated rings. The molecule has 1 aromatic rings. The van der Waals surface area contributed by atoms with Crippen molar-refractivity contribution in [3.63, 3.8) is 0 Å². The highest BCUT2D eigenvalue weighted by Crippen LogP contribution is 2.42. The molecule has 6 N–H and O–H groups in total. The van der Waals surface area contributed by atoms with Gasteiger partial charge in [-0.3, -0.25) is 14.4 Å². The fourth-order valence-electron chi connectivity index (χ4n) is 4.42. The maximum atomic E-state index is 12.8. The lowest BCUT2D eigenvalue weighted by atomic mass is 9.65. The number of fused-ring (bicyclic) bond motifs is 2. The predicted octanol–water partition coefficient (Wildman–Crippen LogP) is 1.38. The van der Waals surface area contributed by atoms with Crippen LogP contribution in [0, 0.1) is 17.8 Å². The van der Waals surface area contributed by atoms with Gasteiger partial charge in [-0.25, -0.2) is 0 Å². The average Bonchev–Trinajstić information content (AvgIpc) is 2.61. The van der Waals surface area contributed by atoms with E-state index in [1.165, 1.54) is 6.42 Å². The molecule has 0 aromatic heterocycles. The third kappa shape index (κ3) is 4.66. The first kappa shape index (κ1) is 19.4. The van der Waals surface area contributed by atoms with Crippen LogP contribution in [0.2, 0.25) is 0 Å². The van der Waals surface area contributed by atoms with Crippen LogP contribution in [0.5, 0.6) is 0 Å². The summed E-state index contributed by atoms with van der Waals surface area (Å²) >= 11 is 0. The number of primary amides is 1. The van der Waals surface area contributed by atoms with Crippen LogP contribution in [0.3, 0.4) is 0 Å². The number of rotatable bonds is 6. The molecular weight excluding hydrogens is 344 g/mol. The van der Waals surface area contributed by atoms with E-state index >= 15 is 0 Å². The zero-order valence-corrected chi connectivity index (χ0v) is 15.4. The first-order chi connectivity index (χ1) is 13.0. The van der Waals surface area contributed by atoms with Crippen LogP contribution in [0.15, 0.2) is 24.3 Å². The molecule has 27 heavy (non-hydrogen) atoms. The summed E-state index contributed by atoms with van der Waals surface area (Å²) in [6, 6.07) is 7.10. The van der Waals surface area contributed by atoms with Crippen LogP contribution in [-0.2, 0) is 9.59 Å². The second kappa shape index (κ2) is 8.52. The lowest BCUT2D eigenvalue weighted by Crippen LogP contribution is -2.48. The van der Waals surface area contributed by atoms with Gasteiger partial charge in [-0.1, -0.05) is 18.6 Å². The van der Waals surface area contributed by atoms with E-state index in [0.29, 0.717) is 23.1 Å². The highest BCUT2D eigenvalue weighted by atomic mass is 16.2. The Morgan fingerprint density at radius 1 is 1.07 bits per heavy atom. The quantitative estimate of drug-likeness (QED) is 0.601. The molecule has 0 radical (unpaired) electrons. The van der Waals surface area contributed by atoms with E-state index in [4.69, 9.17) is 11.5 Å². The van der Waals surface area contributed by atoms with Crippen LogP contribution >= 0.6 is 0 Å². The molecule has 0 spiro atoms. The number of nitrogens with two attached hydrogens (primary N) is 2. The Morgan fingerprint density at radius 3 is 2.41 bits per heavy atom. The minimum absolute atomic E-state index is 0.0452. The van der Waals surface area contributed by atoms with Gasteiger partial charge in [0.2, 0.25) is 11.8 Å². The second-order valence-corrected chi connectivity index (χ2v) is 7.70. The predicted molar refractivity (Wildman–Crippen MR) is 103 cm³/mol. The molecule has 2 saturated carbocycles. The maximum Gasteiger partial charge on any atom is 0.253 e. The largest absolute Gasteiger partial charge is 0.370 e. The number of carbonyl (C=O) groups is 3. The molecule has 2 unspecified atom stereocenters. The van der Waals surface area contributed by atoms with Gasteiger partial charge in [0, 0.05) is 24.9 Å². The number of benzene rings is 1. The summed E-state index contributed by atoms with van der Waals surface area (Å²) < 4.78 is 0. The number of hydrogen-bond acceptors (Lipinski definition) is 4. The molecule has 7 nitrogen and oxygen atoms in total. The molecule has 3 rings (SSSR count). The van der Waals surface area contributed by atoms with Crippen molar-refractivity contribution in [1.29, 1.82) is 0 Å². The number of carbonyl (C=O) groups excluding carboxylic acids is 3. The highest BCUT2D eigenvalue weighted by Gasteiger charge is 2.40. The third-order valence-electron chi connectivity index (χ3n) is 5.87. The second-order valence-electron chi connectivity index (χ2n) is 7.70. The summed E-state index contributed by atoms with van der Waals surface area (Å²) in [5.74, 6) is -0.0870. The highest BCUT2D eigenvalue weighted by molar-refractivity contribution is 6.04. The van der Waals surface area contributed by atoms with E-state index in [9.17, 15) is 14.4 Å². The first-order valence-electron chi connectivity index (χ1n) is 9.67. The Kier molecular flexibility index (Phi) is 6.11. The monoisotopic (exact) mass is 372 g/mol. The molecular formula is C20H28N4O3. The maximum absolute atomic E-state index is 12.8. The van der Waals surface area contributed by atoms with Gasteiger partial charge in [-0.2, -0.15) is 0 Å². The Balaban J connectivity index is 1.64. The van der Waals surface area contributed by atoms with Crippen LogP contribution in [0.4, 0.5) is 5.69 Å². The SMILES string of the molecule is NC(=O)CCNC(=O)c1ccccc1NC(=O)C1CC2CCCC(C1)C2N. The normalized spacial score (nSPS) is 26.9. The summed E-state index contributed by atoms with van der Waals surface area (Å²) in [6.45, 7) is 0.167. The first-order valence-corrected chi connectivity index (χ1v) is 9.67. The van der Waals surface area contributed by atoms with Crippen molar-refractivity contribution in [2.75, 3.05) is 11.9 Å². The van der Waals surface area contributed by atoms with E-state index in [-0.39, 0.29) is 36.7 Å². The summed E-state index contributed by atoms with van der Waals surface area (Å²) in [5.41, 5.74) is 12.3. The summed E-state index contributed by atoms with van der Waals surface area (Å²) in [6.07, 6.45) is 5.10. The molecule has 2 aliphatic rings. The lowest BCUT2D eigenvalue weighted by Gasteiger charge is -2.43. The standard InChI is InChI=1S/C20H28N4O3/c21-17(25)8-9-23-20(27)15-6-1-2-7-16(15)24-19(26)14-10-12-4-3-5-13(11-14)18(12)22/h1-2,6-7,12-14,18H,3-5,8-11,22H2,(H2,21,25)(H,23,27)(H,24,26). The number of amides is 3. The molecule has 1 aromatic carbocycles. The van der Waals surface area contributed by atoms with Gasteiger partial charge in [0.25, 0.3) is 5.91 Å². The van der Waals surface area contributed by atoms with Crippen molar-refractivity contribution in [3.8, 4) is 0 Å². The average molecular weight is 372 g/mol. The number of nitrogens with one attached hydrogen (secondary N) is 2. The fraction of sp³-hybridized carbons (Fsp3) is 0.550. The van der Waals surface area contributed by atoms with Crippen LogP contribution in [0.25, 0.3) is 0 Å². The molecule has 2 aliphatic carbocycles. The zero-order chi connectivity index (χ0) is 19.4. The van der Waals surface area contributed by atoms with Crippen LogP contribution < -0.4 is 22.1 Å². The van der Waals surface area contributed by atoms with Gasteiger partial charge in [0.15, 0.2) is 0 Å². The molecule has 0 saturated heterocycles. The fourth-order valence-corrected chi connectivity index (χ4v) is 4.42. The van der Waals surface area contributed by atoms with Gasteiger partial charge in [-0.05, 0) is 49.7 Å². The zero-order valence-electron chi connectivity index (χ0n) is 15.4. The van der Waals surface area contributed by atoms with Gasteiger partial charge in [-0.15, -0.1) is 0 Å². The van der Waals surface area contributed by atoms with Crippen molar-refractivity contribution < 1.29 is 14.4 Å². The molecule has 2 atom stereocenters. The van der Waals surface area contributed by atoms with Gasteiger partial charge < -0.3 is 22.1 Å². The van der Waals surface area contributed by atoms with Crippen molar-refractivity contribution in [2.45, 2.75) is 44.6 Å². The van der Waals surface area contributed by atoms with Crippen molar-refractivity contribution in [2.24, 2.45) is 29.2 Å². The summed E-state index contributed by atoms with van der Waals surface area (Å²) in [4.78, 5) is 36.0. The van der Waals surface area contributed by atoms with E-state index in [2.05, 4.69) is 10.6 Å². The van der Waals surface area contributed by atoms with Crippen molar-refractivity contribution in [1.82, 2.24) is 5.32 Å². The smallest absolute Gasteiger partial charge is 0.253 e. The summed E-state index contributed by atoms with van der Waals surface area (Å²) in [7, 11) is 0. The number of para-hydroxylation sites is 1. The van der Waals surface area contributed by atoms with E-state index < -0.39 is 5.91 Å². The van der Waals surface area contributed by atoms with Crippen molar-refractivity contribution in [3.05, 3.63) is 29.8 Å². The minimum atomic E-state index is -0.474. The number of anilines is 1. The summed E-state index contributed by atoms with van der Waals surface area (Å²) in [5, 5.41) is 5.59. The van der Waals surface area contributed by atoms with E-state index in [0.717, 1.165) is 25.7 Å². The van der Waals surface area contributed by atoms with Crippen LogP contribution in [-0.4, -0.2) is 30.3 Å². The molecule has 0 aliphatic heterocycles. The lowest BCUT2D eigenvalue weighted by molar-refractivity contribution is -0.122. The molecule has 146 valence electrons. The van der Waals surface area contributed by atoms with Gasteiger partial charge in [0.1, 0.15) is 0 Å². The van der Waals surface area contributed by atoms with Crippen LogP contribution in [0.1, 0.15) is 48.9 Å².